The zero-order chi connectivity index (χ0) is 12.6. The molecule has 0 aliphatic heterocycles. The average molecular weight is 237 g/mol. The molecule has 1 heterocycles. The summed E-state index contributed by atoms with van der Waals surface area (Å²) in [6.45, 7) is -0.493. The Bertz CT molecular complexity index is 624. The number of carboxylic acids is 1. The number of fused-ring (bicyclic) bond motifs is 1. The van der Waals surface area contributed by atoms with E-state index in [1.165, 1.54) is 29.8 Å². The molecular weight excluding hydrogens is 226 g/mol. The molecule has 0 amide bonds. The number of nitrogens with zero attached hydrogens (tertiary/aromatic N) is 1. The maximum absolute atomic E-state index is 11.3. The molecule has 6 heteroatoms. The van der Waals surface area contributed by atoms with Crippen LogP contribution in [0.5, 0.6) is 0 Å². The van der Waals surface area contributed by atoms with Gasteiger partial charge in [0.2, 0.25) is 0 Å². The molecule has 2 rings (SSSR count). The second-order valence-electron chi connectivity index (χ2n) is 3.73. The summed E-state index contributed by atoms with van der Waals surface area (Å²) >= 11 is 0. The molecule has 1 unspecified atom stereocenters. The molecule has 17 heavy (non-hydrogen) atoms. The van der Waals surface area contributed by atoms with Gasteiger partial charge in [0.15, 0.2) is 5.58 Å². The lowest BCUT2D eigenvalue weighted by molar-refractivity contribution is -0.139. The fourth-order valence-corrected chi connectivity index (χ4v) is 1.69. The molecule has 0 bridgehead atoms. The first-order chi connectivity index (χ1) is 8.04. The molecule has 0 aliphatic rings. The number of aliphatic hydroxyl groups excluding tert-OH is 1. The molecule has 0 radical (unpaired) electrons. The average Bonchev–Trinajstić information content (AvgIpc) is 2.56. The summed E-state index contributed by atoms with van der Waals surface area (Å²) in [7, 11) is 1.53. The highest BCUT2D eigenvalue weighted by Gasteiger charge is 2.20. The van der Waals surface area contributed by atoms with Gasteiger partial charge in [0.25, 0.3) is 0 Å². The molecule has 0 saturated heterocycles. The molecule has 1 atom stereocenters. The predicted octanol–water partition coefficient (Wildman–Crippen LogP) is 0.292. The van der Waals surface area contributed by atoms with Gasteiger partial charge in [0.1, 0.15) is 5.92 Å². The number of carbonyl (C=O) groups is 1. The number of carboxylic acid groups (broad SMARTS) is 1. The minimum atomic E-state index is -1.11. The lowest BCUT2D eigenvalue weighted by Gasteiger charge is -2.08. The lowest BCUT2D eigenvalue weighted by atomic mass is 10.00. The third-order valence-corrected chi connectivity index (χ3v) is 2.70. The highest BCUT2D eigenvalue weighted by Crippen LogP contribution is 2.21. The molecule has 90 valence electrons. The van der Waals surface area contributed by atoms with E-state index in [2.05, 4.69) is 0 Å². The van der Waals surface area contributed by atoms with Crippen LogP contribution in [0.1, 0.15) is 11.5 Å². The second-order valence-corrected chi connectivity index (χ2v) is 3.73. The van der Waals surface area contributed by atoms with Crippen LogP contribution in [0.2, 0.25) is 0 Å². The van der Waals surface area contributed by atoms with Crippen LogP contribution in [0, 0.1) is 0 Å². The molecule has 0 fully saturated rings. The van der Waals surface area contributed by atoms with Crippen LogP contribution in [0.4, 0.5) is 0 Å². The van der Waals surface area contributed by atoms with Crippen molar-refractivity contribution in [2.24, 2.45) is 7.05 Å². The van der Waals surface area contributed by atoms with Crippen molar-refractivity contribution >= 4 is 17.1 Å². The number of oxazole rings is 1. The number of aliphatic carboxylic acids is 1. The fraction of sp³-hybridized carbons (Fsp3) is 0.273. The topological polar surface area (TPSA) is 92.7 Å². The number of hydrogen-bond donors (Lipinski definition) is 2. The third-order valence-electron chi connectivity index (χ3n) is 2.70. The van der Waals surface area contributed by atoms with Gasteiger partial charge in [-0.1, -0.05) is 6.07 Å². The summed E-state index contributed by atoms with van der Waals surface area (Å²) in [5, 5.41) is 17.9. The van der Waals surface area contributed by atoms with E-state index >= 15 is 0 Å². The van der Waals surface area contributed by atoms with Crippen LogP contribution in [0.25, 0.3) is 11.1 Å². The van der Waals surface area contributed by atoms with Gasteiger partial charge in [-0.05, 0) is 17.7 Å². The lowest BCUT2D eigenvalue weighted by Crippen LogP contribution is -2.15. The summed E-state index contributed by atoms with van der Waals surface area (Å²) in [5.74, 6) is -2.61. The van der Waals surface area contributed by atoms with Crippen molar-refractivity contribution < 1.29 is 19.4 Å². The van der Waals surface area contributed by atoms with E-state index in [4.69, 9.17) is 14.6 Å². The minimum Gasteiger partial charge on any atom is -0.481 e. The van der Waals surface area contributed by atoms with Gasteiger partial charge in [-0.15, -0.1) is 0 Å². The van der Waals surface area contributed by atoms with Gasteiger partial charge in [-0.25, -0.2) is 4.79 Å². The summed E-state index contributed by atoms with van der Waals surface area (Å²) in [5.41, 5.74) is 1.33. The first kappa shape index (κ1) is 11.4. The monoisotopic (exact) mass is 237 g/mol. The van der Waals surface area contributed by atoms with Crippen LogP contribution in [-0.4, -0.2) is 27.4 Å². The molecule has 2 N–H and O–H groups in total. The summed E-state index contributed by atoms with van der Waals surface area (Å²) in [6, 6.07) is 4.59. The van der Waals surface area contributed by atoms with E-state index in [1.54, 1.807) is 0 Å². The summed E-state index contributed by atoms with van der Waals surface area (Å²) < 4.78 is 6.21. The van der Waals surface area contributed by atoms with Crippen molar-refractivity contribution in [3.05, 3.63) is 34.3 Å². The van der Waals surface area contributed by atoms with Crippen molar-refractivity contribution in [2.75, 3.05) is 6.61 Å². The molecule has 2 aromatic rings. The van der Waals surface area contributed by atoms with E-state index in [0.717, 1.165) is 0 Å². The second kappa shape index (κ2) is 4.06. The van der Waals surface area contributed by atoms with E-state index in [-0.39, 0.29) is 0 Å². The van der Waals surface area contributed by atoms with Crippen molar-refractivity contribution in [3.8, 4) is 0 Å². The van der Waals surface area contributed by atoms with E-state index in [1.807, 2.05) is 0 Å². The maximum Gasteiger partial charge on any atom is 0.419 e. The van der Waals surface area contributed by atoms with Gasteiger partial charge in [-0.3, -0.25) is 9.36 Å². The number of benzene rings is 1. The van der Waals surface area contributed by atoms with Crippen LogP contribution < -0.4 is 5.76 Å². The normalized spacial score (nSPS) is 12.8. The van der Waals surface area contributed by atoms with Gasteiger partial charge >= 0.3 is 11.7 Å². The Balaban J connectivity index is 2.61. The van der Waals surface area contributed by atoms with Crippen LogP contribution in [-0.2, 0) is 11.8 Å². The zero-order valence-electron chi connectivity index (χ0n) is 9.08. The number of aryl methyl sites for hydroxylation is 1. The Morgan fingerprint density at radius 3 is 2.82 bits per heavy atom. The zero-order valence-corrected chi connectivity index (χ0v) is 9.08. The van der Waals surface area contributed by atoms with E-state index in [9.17, 15) is 9.59 Å². The van der Waals surface area contributed by atoms with Crippen LogP contribution in [0.15, 0.2) is 27.4 Å². The summed E-state index contributed by atoms with van der Waals surface area (Å²) in [6.07, 6.45) is 0. The fourth-order valence-electron chi connectivity index (χ4n) is 1.69. The Morgan fingerprint density at radius 1 is 1.53 bits per heavy atom. The van der Waals surface area contributed by atoms with E-state index in [0.29, 0.717) is 16.7 Å². The Hall–Kier alpha value is -2.08. The quantitative estimate of drug-likeness (QED) is 0.800. The largest absolute Gasteiger partial charge is 0.481 e. The number of aromatic nitrogens is 1. The number of hydrogen-bond acceptors (Lipinski definition) is 4. The minimum absolute atomic E-state index is 0.392. The third kappa shape index (κ3) is 1.83. The maximum atomic E-state index is 11.3. The highest BCUT2D eigenvalue weighted by molar-refractivity contribution is 5.80. The Kier molecular flexibility index (Phi) is 2.72. The Labute approximate surface area is 95.7 Å². The van der Waals surface area contributed by atoms with Crippen molar-refractivity contribution in [1.82, 2.24) is 4.57 Å². The van der Waals surface area contributed by atoms with Crippen molar-refractivity contribution in [3.63, 3.8) is 0 Å². The van der Waals surface area contributed by atoms with Gasteiger partial charge in [0, 0.05) is 7.05 Å². The molecular formula is C11H11NO5. The molecule has 6 nitrogen and oxygen atoms in total. The van der Waals surface area contributed by atoms with Crippen LogP contribution in [0.3, 0.4) is 0 Å². The molecule has 0 spiro atoms. The van der Waals surface area contributed by atoms with E-state index < -0.39 is 24.3 Å². The van der Waals surface area contributed by atoms with Crippen molar-refractivity contribution in [2.45, 2.75) is 5.92 Å². The van der Waals surface area contributed by atoms with Crippen LogP contribution >= 0.6 is 0 Å². The summed E-state index contributed by atoms with van der Waals surface area (Å²) in [4.78, 5) is 22.2. The van der Waals surface area contributed by atoms with Gasteiger partial charge in [0.05, 0.1) is 12.1 Å². The SMILES string of the molecule is Cn1c(=O)oc2ccc(C(CO)C(=O)O)cc21. The molecule has 1 aromatic carbocycles. The van der Waals surface area contributed by atoms with Gasteiger partial charge in [-0.2, -0.15) is 0 Å². The Morgan fingerprint density at radius 2 is 2.24 bits per heavy atom. The first-order valence-corrected chi connectivity index (χ1v) is 4.97. The smallest absolute Gasteiger partial charge is 0.419 e. The standard InChI is InChI=1S/C11H11NO5/c1-12-8-4-6(7(5-13)10(14)15)2-3-9(8)17-11(12)16/h2-4,7,13H,5H2,1H3,(H,14,15). The predicted molar refractivity (Wildman–Crippen MR) is 58.9 cm³/mol. The van der Waals surface area contributed by atoms with Crippen molar-refractivity contribution in [1.29, 1.82) is 0 Å². The first-order valence-electron chi connectivity index (χ1n) is 4.97. The molecule has 0 aliphatic carbocycles. The molecule has 0 saturated carbocycles. The molecule has 1 aromatic heterocycles. The number of rotatable bonds is 3. The highest BCUT2D eigenvalue weighted by atomic mass is 16.4. The van der Waals surface area contributed by atoms with Gasteiger partial charge < -0.3 is 14.6 Å². The number of aliphatic hydroxyl groups is 1.